The Bertz CT molecular complexity index is 507. The van der Waals surface area contributed by atoms with E-state index in [0.29, 0.717) is 13.1 Å². The van der Waals surface area contributed by atoms with E-state index in [0.717, 1.165) is 31.2 Å². The van der Waals surface area contributed by atoms with Gasteiger partial charge >= 0.3 is 12.1 Å². The fourth-order valence-corrected chi connectivity index (χ4v) is 2.85. The van der Waals surface area contributed by atoms with Crippen LogP contribution >= 0.6 is 0 Å². The number of nitrogens with one attached hydrogen (secondary N) is 4. The van der Waals surface area contributed by atoms with Gasteiger partial charge in [-0.2, -0.15) is 0 Å². The molecule has 0 aliphatic heterocycles. The first-order chi connectivity index (χ1) is 11.2. The smallest absolute Gasteiger partial charge is 0.315 e. The van der Waals surface area contributed by atoms with Gasteiger partial charge in [0.1, 0.15) is 0 Å². The molecular weight excluding hydrogens is 292 g/mol. The van der Waals surface area contributed by atoms with Crippen molar-refractivity contribution in [1.82, 2.24) is 21.3 Å². The maximum absolute atomic E-state index is 12.1. The molecule has 23 heavy (non-hydrogen) atoms. The lowest BCUT2D eigenvalue weighted by Gasteiger charge is -2.32. The Labute approximate surface area is 137 Å². The lowest BCUT2D eigenvalue weighted by molar-refractivity contribution is 0.213. The molecule has 126 valence electrons. The highest BCUT2D eigenvalue weighted by Crippen LogP contribution is 2.18. The SMILES string of the molecule is CCNC(=O)NC1CCCCC1NC(=O)NCc1ccccc1. The molecule has 6 nitrogen and oxygen atoms in total. The molecule has 0 saturated heterocycles. The number of amides is 4. The van der Waals surface area contributed by atoms with Crippen LogP contribution in [0.5, 0.6) is 0 Å². The summed E-state index contributed by atoms with van der Waals surface area (Å²) < 4.78 is 0. The molecule has 1 aromatic carbocycles. The third kappa shape index (κ3) is 5.81. The first-order valence-corrected chi connectivity index (χ1v) is 8.31. The quantitative estimate of drug-likeness (QED) is 0.671. The van der Waals surface area contributed by atoms with E-state index in [-0.39, 0.29) is 24.1 Å². The third-order valence-electron chi connectivity index (χ3n) is 4.03. The Morgan fingerprint density at radius 2 is 1.52 bits per heavy atom. The maximum Gasteiger partial charge on any atom is 0.315 e. The normalized spacial score (nSPS) is 20.4. The molecule has 1 aliphatic carbocycles. The Hall–Kier alpha value is -2.24. The van der Waals surface area contributed by atoms with Crippen molar-refractivity contribution in [3.05, 3.63) is 35.9 Å². The molecular formula is C17H26N4O2. The highest BCUT2D eigenvalue weighted by Gasteiger charge is 2.27. The van der Waals surface area contributed by atoms with E-state index >= 15 is 0 Å². The zero-order chi connectivity index (χ0) is 16.5. The Morgan fingerprint density at radius 1 is 0.957 bits per heavy atom. The van der Waals surface area contributed by atoms with Crippen LogP contribution in [0.15, 0.2) is 30.3 Å². The van der Waals surface area contributed by atoms with Crippen LogP contribution in [0.4, 0.5) is 9.59 Å². The van der Waals surface area contributed by atoms with Gasteiger partial charge in [0.15, 0.2) is 0 Å². The van der Waals surface area contributed by atoms with Crippen LogP contribution in [0, 0.1) is 0 Å². The molecule has 0 heterocycles. The molecule has 4 N–H and O–H groups in total. The average molecular weight is 318 g/mol. The summed E-state index contributed by atoms with van der Waals surface area (Å²) in [5.41, 5.74) is 1.06. The number of hydrogen-bond acceptors (Lipinski definition) is 2. The maximum atomic E-state index is 12.1. The second kappa shape index (κ2) is 9.02. The van der Waals surface area contributed by atoms with Gasteiger partial charge in [-0.15, -0.1) is 0 Å². The van der Waals surface area contributed by atoms with Crippen molar-refractivity contribution in [1.29, 1.82) is 0 Å². The van der Waals surface area contributed by atoms with E-state index < -0.39 is 0 Å². The molecule has 4 amide bonds. The van der Waals surface area contributed by atoms with Gasteiger partial charge in [-0.1, -0.05) is 43.2 Å². The average Bonchev–Trinajstić information content (AvgIpc) is 2.56. The standard InChI is InChI=1S/C17H26N4O2/c1-2-18-16(22)20-14-10-6-7-11-15(14)21-17(23)19-12-13-8-4-3-5-9-13/h3-5,8-9,14-15H,2,6-7,10-12H2,1H3,(H2,18,20,22)(H2,19,21,23). The number of benzene rings is 1. The van der Waals surface area contributed by atoms with Crippen LogP contribution in [-0.4, -0.2) is 30.7 Å². The number of carbonyl (C=O) groups excluding carboxylic acids is 2. The molecule has 0 bridgehead atoms. The minimum absolute atomic E-state index is 0.0159. The van der Waals surface area contributed by atoms with E-state index in [1.54, 1.807) is 0 Å². The van der Waals surface area contributed by atoms with Crippen LogP contribution < -0.4 is 21.3 Å². The molecule has 2 rings (SSSR count). The molecule has 0 aromatic heterocycles. The third-order valence-corrected chi connectivity index (χ3v) is 4.03. The fourth-order valence-electron chi connectivity index (χ4n) is 2.85. The summed E-state index contributed by atoms with van der Waals surface area (Å²) in [6, 6.07) is 9.38. The molecule has 6 heteroatoms. The van der Waals surface area contributed by atoms with Crippen LogP contribution in [0.25, 0.3) is 0 Å². The van der Waals surface area contributed by atoms with E-state index in [4.69, 9.17) is 0 Å². The number of rotatable bonds is 5. The van der Waals surface area contributed by atoms with Crippen molar-refractivity contribution in [3.8, 4) is 0 Å². The van der Waals surface area contributed by atoms with Gasteiger partial charge in [-0.25, -0.2) is 9.59 Å². The second-order valence-electron chi connectivity index (χ2n) is 5.81. The van der Waals surface area contributed by atoms with Crippen LogP contribution in [0.1, 0.15) is 38.2 Å². The summed E-state index contributed by atoms with van der Waals surface area (Å²) in [5.74, 6) is 0. The zero-order valence-electron chi connectivity index (χ0n) is 13.6. The second-order valence-corrected chi connectivity index (χ2v) is 5.81. The number of hydrogen-bond donors (Lipinski definition) is 4. The van der Waals surface area contributed by atoms with Gasteiger partial charge < -0.3 is 21.3 Å². The van der Waals surface area contributed by atoms with E-state index in [9.17, 15) is 9.59 Å². The van der Waals surface area contributed by atoms with Crippen LogP contribution in [0.3, 0.4) is 0 Å². The highest BCUT2D eigenvalue weighted by atomic mass is 16.2. The summed E-state index contributed by atoms with van der Waals surface area (Å²) in [7, 11) is 0. The summed E-state index contributed by atoms with van der Waals surface area (Å²) in [6.07, 6.45) is 3.91. The van der Waals surface area contributed by atoms with Crippen LogP contribution in [0.2, 0.25) is 0 Å². The fraction of sp³-hybridized carbons (Fsp3) is 0.529. The molecule has 1 aliphatic rings. The number of carbonyl (C=O) groups is 2. The van der Waals surface area contributed by atoms with Gasteiger partial charge in [0, 0.05) is 13.1 Å². The molecule has 1 fully saturated rings. The van der Waals surface area contributed by atoms with E-state index in [2.05, 4.69) is 21.3 Å². The summed E-state index contributed by atoms with van der Waals surface area (Å²) in [6.45, 7) is 2.97. The topological polar surface area (TPSA) is 82.3 Å². The Kier molecular flexibility index (Phi) is 6.72. The lowest BCUT2D eigenvalue weighted by Crippen LogP contribution is -2.56. The molecule has 1 saturated carbocycles. The Balaban J connectivity index is 1.80. The summed E-state index contributed by atoms with van der Waals surface area (Å²) in [5, 5.41) is 11.6. The van der Waals surface area contributed by atoms with Gasteiger partial charge in [0.25, 0.3) is 0 Å². The molecule has 2 unspecified atom stereocenters. The minimum Gasteiger partial charge on any atom is -0.338 e. The predicted octanol–water partition coefficient (Wildman–Crippen LogP) is 2.12. The van der Waals surface area contributed by atoms with E-state index in [1.807, 2.05) is 37.3 Å². The first kappa shape index (κ1) is 17.1. The predicted molar refractivity (Wildman–Crippen MR) is 90.1 cm³/mol. The van der Waals surface area contributed by atoms with Crippen molar-refractivity contribution in [3.63, 3.8) is 0 Å². The van der Waals surface area contributed by atoms with Crippen LogP contribution in [-0.2, 0) is 6.54 Å². The van der Waals surface area contributed by atoms with Crippen molar-refractivity contribution < 1.29 is 9.59 Å². The van der Waals surface area contributed by atoms with Gasteiger partial charge in [-0.3, -0.25) is 0 Å². The minimum atomic E-state index is -0.191. The first-order valence-electron chi connectivity index (χ1n) is 8.31. The highest BCUT2D eigenvalue weighted by molar-refractivity contribution is 5.75. The van der Waals surface area contributed by atoms with Crippen molar-refractivity contribution in [2.24, 2.45) is 0 Å². The Morgan fingerprint density at radius 3 is 2.09 bits per heavy atom. The largest absolute Gasteiger partial charge is 0.338 e. The number of urea groups is 2. The lowest BCUT2D eigenvalue weighted by atomic mass is 9.90. The molecule has 1 aromatic rings. The zero-order valence-corrected chi connectivity index (χ0v) is 13.6. The van der Waals surface area contributed by atoms with Gasteiger partial charge in [0.2, 0.25) is 0 Å². The molecule has 0 radical (unpaired) electrons. The van der Waals surface area contributed by atoms with Crippen molar-refractivity contribution >= 4 is 12.1 Å². The van der Waals surface area contributed by atoms with Crippen molar-refractivity contribution in [2.75, 3.05) is 6.54 Å². The van der Waals surface area contributed by atoms with Gasteiger partial charge in [-0.05, 0) is 25.3 Å². The van der Waals surface area contributed by atoms with E-state index in [1.165, 1.54) is 0 Å². The molecule has 0 spiro atoms. The summed E-state index contributed by atoms with van der Waals surface area (Å²) in [4.78, 5) is 23.8. The van der Waals surface area contributed by atoms with Crippen molar-refractivity contribution in [2.45, 2.75) is 51.2 Å². The summed E-state index contributed by atoms with van der Waals surface area (Å²) >= 11 is 0. The van der Waals surface area contributed by atoms with Gasteiger partial charge in [0.05, 0.1) is 12.1 Å². The molecule has 2 atom stereocenters. The monoisotopic (exact) mass is 318 g/mol.